The molecule has 0 aliphatic rings. The molecule has 0 saturated heterocycles. The van der Waals surface area contributed by atoms with Crippen molar-refractivity contribution in [3.63, 3.8) is 0 Å². The zero-order valence-corrected chi connectivity index (χ0v) is 58.6. The molecule has 93 heavy (non-hydrogen) atoms. The van der Waals surface area contributed by atoms with Gasteiger partial charge in [-0.05, 0) is 148 Å². The van der Waals surface area contributed by atoms with Crippen molar-refractivity contribution >= 4 is 33.6 Å². The molecule has 0 radical (unpaired) electrons. The number of hydrogen-bond acceptors (Lipinski definition) is 14. The Morgan fingerprint density at radius 1 is 0.312 bits per heavy atom. The Hall–Kier alpha value is -5.09. The van der Waals surface area contributed by atoms with Crippen LogP contribution in [-0.2, 0) is 55.8 Å². The van der Waals surface area contributed by atoms with Gasteiger partial charge in [-0.1, -0.05) is 229 Å². The highest BCUT2D eigenvalue weighted by atomic mass is 31.2. The maximum Gasteiger partial charge on any atom is 0.472 e. The van der Waals surface area contributed by atoms with Crippen LogP contribution in [0.1, 0.15) is 226 Å². The first-order chi connectivity index (χ1) is 45.2. The van der Waals surface area contributed by atoms with Gasteiger partial charge >= 0.3 is 33.6 Å². The molecule has 5 unspecified atom stereocenters. The lowest BCUT2D eigenvalue weighted by Crippen LogP contribution is -2.30. The number of ether oxygens (including phenoxy) is 3. The number of carbonyl (C=O) groups excluding carboxylic acids is 3. The minimum atomic E-state index is -4.96. The lowest BCUT2D eigenvalue weighted by atomic mass is 10.1. The lowest BCUT2D eigenvalue weighted by Gasteiger charge is -2.21. The molecule has 0 rings (SSSR count). The van der Waals surface area contributed by atoms with Crippen LogP contribution in [0.15, 0.2) is 170 Å². The van der Waals surface area contributed by atoms with Gasteiger partial charge in [0, 0.05) is 19.3 Å². The first kappa shape index (κ1) is 87.9. The number of aliphatic hydroxyl groups excluding tert-OH is 2. The van der Waals surface area contributed by atoms with Gasteiger partial charge in [-0.15, -0.1) is 0 Å². The van der Waals surface area contributed by atoms with E-state index in [-0.39, 0.29) is 19.3 Å². The minimum absolute atomic E-state index is 0.0153. The third-order valence-electron chi connectivity index (χ3n) is 13.4. The lowest BCUT2D eigenvalue weighted by molar-refractivity contribution is -0.161. The Morgan fingerprint density at radius 3 is 0.957 bits per heavy atom. The number of phosphoric acid groups is 2. The summed E-state index contributed by atoms with van der Waals surface area (Å²) in [5.41, 5.74) is 0. The Labute approximate surface area is 561 Å². The van der Waals surface area contributed by atoms with E-state index in [1.165, 1.54) is 19.3 Å². The van der Waals surface area contributed by atoms with Crippen molar-refractivity contribution in [1.29, 1.82) is 0 Å². The summed E-state index contributed by atoms with van der Waals surface area (Å²) in [6, 6.07) is 0. The molecule has 0 aliphatic carbocycles. The molecular formula is C75H120O16P2. The van der Waals surface area contributed by atoms with E-state index in [1.54, 1.807) is 0 Å². The molecule has 0 heterocycles. The standard InChI is InChI=1S/C75H120O16P2/c1-4-7-10-13-16-19-22-25-28-31-33-34-36-39-40-43-46-49-52-55-58-61-73(78)85-64-70(76)65-87-92(81,82)88-66-71(77)67-89-93(83,84)90-69-72(91-75(80)63-60-57-54-51-48-45-42-37-30-27-24-21-18-15-12-9-6-3)68-86-74(79)62-59-56-53-50-47-44-41-38-35-32-29-26-23-20-17-14-11-8-5-2/h7,9-10,12,16-21,25-30,33-35,38-40,42,45-46,49,51,54,70-72,76-77H,4-6,8,11,13-15,22-24,31-32,36-37,41,43-44,47-48,50,52-53,55-69H2,1-3H3,(H,81,82)(H,83,84)/b10-7-,12-9-,19-16-,20-17-,21-18-,28-25-,29-26-,30-27-,34-33-,38-35-,40-39-,45-42-,49-46-,54-51-. The summed E-state index contributed by atoms with van der Waals surface area (Å²) in [5.74, 6) is -1.72. The second kappa shape index (κ2) is 66.9. The summed E-state index contributed by atoms with van der Waals surface area (Å²) in [5, 5.41) is 20.5. The van der Waals surface area contributed by atoms with Crippen LogP contribution in [-0.4, -0.2) is 95.9 Å². The highest BCUT2D eigenvalue weighted by molar-refractivity contribution is 7.47. The molecule has 18 heteroatoms. The zero-order chi connectivity index (χ0) is 68.1. The first-order valence-corrected chi connectivity index (χ1v) is 37.4. The summed E-state index contributed by atoms with van der Waals surface area (Å²) in [6.07, 6.45) is 82.7. The van der Waals surface area contributed by atoms with E-state index in [9.17, 15) is 43.5 Å². The number of carbonyl (C=O) groups is 3. The predicted octanol–water partition coefficient (Wildman–Crippen LogP) is 19.3. The number of esters is 3. The Balaban J connectivity index is 4.81. The second-order valence-electron chi connectivity index (χ2n) is 22.2. The van der Waals surface area contributed by atoms with E-state index >= 15 is 0 Å². The molecule has 526 valence electrons. The average Bonchev–Trinajstić information content (AvgIpc) is 3.72. The number of allylic oxidation sites excluding steroid dienone is 28. The molecule has 0 spiro atoms. The summed E-state index contributed by atoms with van der Waals surface area (Å²) in [7, 11) is -9.83. The monoisotopic (exact) mass is 1340 g/mol. The van der Waals surface area contributed by atoms with E-state index in [1.807, 2.05) is 12.2 Å². The first-order valence-electron chi connectivity index (χ1n) is 34.4. The molecule has 0 bridgehead atoms. The zero-order valence-electron chi connectivity index (χ0n) is 56.9. The maximum absolute atomic E-state index is 12.9. The van der Waals surface area contributed by atoms with Gasteiger partial charge in [0.05, 0.1) is 26.4 Å². The van der Waals surface area contributed by atoms with Crippen molar-refractivity contribution in [3.05, 3.63) is 170 Å². The molecule has 0 saturated carbocycles. The summed E-state index contributed by atoms with van der Waals surface area (Å²) < 4.78 is 60.8. The van der Waals surface area contributed by atoms with Crippen LogP contribution in [0.2, 0.25) is 0 Å². The Kier molecular flexibility index (Phi) is 63.2. The third kappa shape index (κ3) is 68.1. The van der Waals surface area contributed by atoms with E-state index in [0.29, 0.717) is 25.7 Å². The average molecular weight is 1340 g/mol. The van der Waals surface area contributed by atoms with Crippen LogP contribution >= 0.6 is 15.6 Å². The van der Waals surface area contributed by atoms with Gasteiger partial charge in [-0.2, -0.15) is 0 Å². The minimum Gasteiger partial charge on any atom is -0.463 e. The van der Waals surface area contributed by atoms with Crippen LogP contribution in [0.25, 0.3) is 0 Å². The van der Waals surface area contributed by atoms with E-state index in [2.05, 4.69) is 179 Å². The normalized spacial score (nSPS) is 15.2. The molecule has 0 aromatic carbocycles. The van der Waals surface area contributed by atoms with Gasteiger partial charge in [-0.25, -0.2) is 9.13 Å². The topological polar surface area (TPSA) is 231 Å². The van der Waals surface area contributed by atoms with Crippen LogP contribution in [0.4, 0.5) is 0 Å². The van der Waals surface area contributed by atoms with Crippen LogP contribution in [0.3, 0.4) is 0 Å². The van der Waals surface area contributed by atoms with Crippen LogP contribution < -0.4 is 0 Å². The van der Waals surface area contributed by atoms with Crippen molar-refractivity contribution in [2.75, 3.05) is 39.6 Å². The van der Waals surface area contributed by atoms with Crippen molar-refractivity contribution in [2.24, 2.45) is 0 Å². The molecule has 0 aromatic heterocycles. The second-order valence-corrected chi connectivity index (χ2v) is 25.1. The number of aliphatic hydroxyl groups is 2. The van der Waals surface area contributed by atoms with Crippen molar-refractivity contribution in [1.82, 2.24) is 0 Å². The molecular weight excluding hydrogens is 1220 g/mol. The molecule has 4 N–H and O–H groups in total. The van der Waals surface area contributed by atoms with E-state index in [0.717, 1.165) is 141 Å². The van der Waals surface area contributed by atoms with Crippen molar-refractivity contribution < 1.29 is 75.8 Å². The summed E-state index contributed by atoms with van der Waals surface area (Å²) >= 11 is 0. The highest BCUT2D eigenvalue weighted by Crippen LogP contribution is 2.45. The van der Waals surface area contributed by atoms with E-state index in [4.69, 9.17) is 32.3 Å². The smallest absolute Gasteiger partial charge is 0.463 e. The van der Waals surface area contributed by atoms with Crippen LogP contribution in [0, 0.1) is 0 Å². The third-order valence-corrected chi connectivity index (χ3v) is 15.3. The van der Waals surface area contributed by atoms with Crippen molar-refractivity contribution in [2.45, 2.75) is 245 Å². The molecule has 0 fully saturated rings. The Morgan fingerprint density at radius 2 is 0.581 bits per heavy atom. The fourth-order valence-corrected chi connectivity index (χ4v) is 9.79. The van der Waals surface area contributed by atoms with Gasteiger partial charge in [0.2, 0.25) is 0 Å². The number of hydrogen-bond donors (Lipinski definition) is 4. The highest BCUT2D eigenvalue weighted by Gasteiger charge is 2.29. The number of rotatable bonds is 63. The Bertz CT molecular complexity index is 2370. The van der Waals surface area contributed by atoms with Gasteiger partial charge in [0.1, 0.15) is 25.4 Å². The van der Waals surface area contributed by atoms with Crippen molar-refractivity contribution in [3.8, 4) is 0 Å². The predicted molar refractivity (Wildman–Crippen MR) is 380 cm³/mol. The van der Waals surface area contributed by atoms with Gasteiger partial charge in [0.15, 0.2) is 6.10 Å². The molecule has 5 atom stereocenters. The largest absolute Gasteiger partial charge is 0.472 e. The quantitative estimate of drug-likeness (QED) is 0.0146. The summed E-state index contributed by atoms with van der Waals surface area (Å²) in [4.78, 5) is 58.4. The summed E-state index contributed by atoms with van der Waals surface area (Å²) in [6.45, 7) is 2.24. The maximum atomic E-state index is 12.9. The van der Waals surface area contributed by atoms with Gasteiger partial charge in [-0.3, -0.25) is 32.5 Å². The van der Waals surface area contributed by atoms with Crippen LogP contribution in [0.5, 0.6) is 0 Å². The molecule has 0 aromatic rings. The van der Waals surface area contributed by atoms with E-state index < -0.39 is 91.5 Å². The number of unbranched alkanes of at least 4 members (excludes halogenated alkanes) is 12. The van der Waals surface area contributed by atoms with Gasteiger partial charge < -0.3 is 34.2 Å². The SMILES string of the molecule is CC/C=C\C/C=C\C/C=C\C/C=C\C/C=C\C/C=C\CCCCC(=O)OCC(O)COP(=O)(O)OCC(O)COP(=O)(O)OCC(COC(=O)CCCCCCCC/C=C\C/C=C\C/C=C\CCCCC)OC(=O)CCC/C=C\C/C=C\C/C=C\C/C=C\C/C=C\CC. The molecule has 0 amide bonds. The molecule has 0 aliphatic heterocycles. The van der Waals surface area contributed by atoms with Gasteiger partial charge in [0.25, 0.3) is 0 Å². The number of phosphoric ester groups is 2. The fourth-order valence-electron chi connectivity index (χ4n) is 8.20. The fraction of sp³-hybridized carbons (Fsp3) is 0.587. The molecule has 16 nitrogen and oxygen atoms in total.